The fourth-order valence-corrected chi connectivity index (χ4v) is 1.93. The smallest absolute Gasteiger partial charge is 0.0948 e. The van der Waals surface area contributed by atoms with Crippen molar-refractivity contribution in [2.24, 2.45) is 0 Å². The average Bonchev–Trinajstić information content (AvgIpc) is 2.76. The fraction of sp³-hybridized carbons (Fsp3) is 0.700. The van der Waals surface area contributed by atoms with Crippen molar-refractivity contribution in [3.05, 3.63) is 18.2 Å². The minimum absolute atomic E-state index is 1.03. The van der Waals surface area contributed by atoms with Crippen LogP contribution in [0.5, 0.6) is 0 Å². The second-order valence-corrected chi connectivity index (χ2v) is 3.65. The van der Waals surface area contributed by atoms with Crippen LogP contribution in [-0.4, -0.2) is 27.5 Å². The first kappa shape index (κ1) is 8.75. The molecule has 0 saturated carbocycles. The molecule has 0 atom stereocenters. The molecule has 3 heteroatoms. The molecule has 0 unspecified atom stereocenters. The predicted octanol–water partition coefficient (Wildman–Crippen LogP) is 1.50. The Labute approximate surface area is 79.4 Å². The van der Waals surface area contributed by atoms with Gasteiger partial charge in [-0.05, 0) is 32.9 Å². The minimum atomic E-state index is 1.03. The second kappa shape index (κ2) is 3.92. The Morgan fingerprint density at radius 1 is 1.38 bits per heavy atom. The van der Waals surface area contributed by atoms with Gasteiger partial charge in [0.25, 0.3) is 0 Å². The number of nitrogens with zero attached hydrogens (tertiary/aromatic N) is 3. The second-order valence-electron chi connectivity index (χ2n) is 3.65. The highest BCUT2D eigenvalue weighted by Gasteiger charge is 2.13. The molecule has 1 saturated heterocycles. The Morgan fingerprint density at radius 3 is 2.85 bits per heavy atom. The van der Waals surface area contributed by atoms with Gasteiger partial charge in [0.2, 0.25) is 0 Å². The molecule has 0 aliphatic carbocycles. The maximum absolute atomic E-state index is 4.17. The van der Waals surface area contributed by atoms with Crippen LogP contribution in [-0.2, 0) is 13.1 Å². The number of aromatic nitrogens is 2. The molecule has 13 heavy (non-hydrogen) atoms. The topological polar surface area (TPSA) is 21.1 Å². The molecule has 1 aromatic rings. The number of hydrogen-bond donors (Lipinski definition) is 0. The van der Waals surface area contributed by atoms with Gasteiger partial charge in [-0.1, -0.05) is 0 Å². The van der Waals surface area contributed by atoms with Crippen molar-refractivity contribution in [2.75, 3.05) is 13.1 Å². The summed E-state index contributed by atoms with van der Waals surface area (Å²) in [6.45, 7) is 6.79. The van der Waals surface area contributed by atoms with Gasteiger partial charge >= 0.3 is 0 Å². The molecule has 1 fully saturated rings. The van der Waals surface area contributed by atoms with Crippen LogP contribution in [0.3, 0.4) is 0 Å². The van der Waals surface area contributed by atoms with E-state index in [1.165, 1.54) is 31.6 Å². The maximum Gasteiger partial charge on any atom is 0.0948 e. The Hall–Kier alpha value is -0.830. The number of hydrogen-bond acceptors (Lipinski definition) is 2. The van der Waals surface area contributed by atoms with Crippen LogP contribution < -0.4 is 0 Å². The first-order chi connectivity index (χ1) is 6.40. The van der Waals surface area contributed by atoms with Gasteiger partial charge in [0.15, 0.2) is 0 Å². The van der Waals surface area contributed by atoms with Crippen LogP contribution >= 0.6 is 0 Å². The van der Waals surface area contributed by atoms with Crippen LogP contribution in [0.4, 0.5) is 0 Å². The van der Waals surface area contributed by atoms with Crippen LogP contribution in [0.1, 0.15) is 25.5 Å². The average molecular weight is 179 g/mol. The standard InChI is InChI=1S/C10H17N3/c1-2-13-9-11-7-10(13)8-12-5-3-4-6-12/h7,9H,2-6,8H2,1H3. The first-order valence-electron chi connectivity index (χ1n) is 5.11. The molecular weight excluding hydrogens is 162 g/mol. The Morgan fingerprint density at radius 2 is 2.15 bits per heavy atom. The van der Waals surface area contributed by atoms with Crippen molar-refractivity contribution >= 4 is 0 Å². The van der Waals surface area contributed by atoms with E-state index >= 15 is 0 Å². The molecule has 1 aliphatic heterocycles. The van der Waals surface area contributed by atoms with Gasteiger partial charge < -0.3 is 4.57 Å². The van der Waals surface area contributed by atoms with E-state index in [1.54, 1.807) is 0 Å². The molecule has 0 aromatic carbocycles. The Kier molecular flexibility index (Phi) is 2.64. The third kappa shape index (κ3) is 1.91. The molecule has 2 rings (SSSR count). The SMILES string of the molecule is CCn1cncc1CN1CCCC1. The van der Waals surface area contributed by atoms with Crippen molar-refractivity contribution in [1.29, 1.82) is 0 Å². The minimum Gasteiger partial charge on any atom is -0.334 e. The quantitative estimate of drug-likeness (QED) is 0.701. The number of aryl methyl sites for hydroxylation is 1. The summed E-state index contributed by atoms with van der Waals surface area (Å²) in [6.07, 6.45) is 6.63. The molecule has 0 bridgehead atoms. The molecule has 72 valence electrons. The van der Waals surface area contributed by atoms with E-state index < -0.39 is 0 Å². The lowest BCUT2D eigenvalue weighted by atomic mass is 10.4. The van der Waals surface area contributed by atoms with Crippen molar-refractivity contribution in [2.45, 2.75) is 32.9 Å². The lowest BCUT2D eigenvalue weighted by molar-refractivity contribution is 0.321. The summed E-state index contributed by atoms with van der Waals surface area (Å²) in [5.41, 5.74) is 1.35. The summed E-state index contributed by atoms with van der Waals surface area (Å²) < 4.78 is 2.22. The monoisotopic (exact) mass is 179 g/mol. The molecule has 0 amide bonds. The first-order valence-corrected chi connectivity index (χ1v) is 5.11. The highest BCUT2D eigenvalue weighted by Crippen LogP contribution is 2.12. The molecule has 0 radical (unpaired) electrons. The predicted molar refractivity (Wildman–Crippen MR) is 52.4 cm³/mol. The normalized spacial score (nSPS) is 18.2. The number of rotatable bonds is 3. The number of likely N-dealkylation sites (tertiary alicyclic amines) is 1. The molecular formula is C10H17N3. The maximum atomic E-state index is 4.17. The zero-order valence-corrected chi connectivity index (χ0v) is 8.24. The molecule has 0 spiro atoms. The summed E-state index contributed by atoms with van der Waals surface area (Å²) in [5, 5.41) is 0. The summed E-state index contributed by atoms with van der Waals surface area (Å²) in [4.78, 5) is 6.67. The Balaban J connectivity index is 1.99. The summed E-state index contributed by atoms with van der Waals surface area (Å²) in [5.74, 6) is 0. The van der Waals surface area contributed by atoms with Gasteiger partial charge in [0.1, 0.15) is 0 Å². The van der Waals surface area contributed by atoms with Crippen molar-refractivity contribution in [3.8, 4) is 0 Å². The van der Waals surface area contributed by atoms with Crippen LogP contribution in [0, 0.1) is 0 Å². The molecule has 0 N–H and O–H groups in total. The molecule has 1 aromatic heterocycles. The third-order valence-corrected chi connectivity index (χ3v) is 2.72. The highest BCUT2D eigenvalue weighted by atomic mass is 15.2. The van der Waals surface area contributed by atoms with Crippen molar-refractivity contribution in [3.63, 3.8) is 0 Å². The molecule has 3 nitrogen and oxygen atoms in total. The van der Waals surface area contributed by atoms with E-state index in [2.05, 4.69) is 21.4 Å². The Bertz CT molecular complexity index is 261. The lowest BCUT2D eigenvalue weighted by Crippen LogP contribution is -2.20. The van der Waals surface area contributed by atoms with Crippen molar-refractivity contribution in [1.82, 2.24) is 14.5 Å². The van der Waals surface area contributed by atoms with Crippen LogP contribution in [0.25, 0.3) is 0 Å². The highest BCUT2D eigenvalue weighted by molar-refractivity contribution is 4.98. The van der Waals surface area contributed by atoms with E-state index in [9.17, 15) is 0 Å². The van der Waals surface area contributed by atoms with Gasteiger partial charge in [-0.3, -0.25) is 4.90 Å². The van der Waals surface area contributed by atoms with Crippen molar-refractivity contribution < 1.29 is 0 Å². The molecule has 2 heterocycles. The van der Waals surface area contributed by atoms with Gasteiger partial charge in [-0.25, -0.2) is 4.98 Å². The van der Waals surface area contributed by atoms with Gasteiger partial charge in [0, 0.05) is 19.3 Å². The summed E-state index contributed by atoms with van der Waals surface area (Å²) in [6, 6.07) is 0. The van der Waals surface area contributed by atoms with Crippen LogP contribution in [0.2, 0.25) is 0 Å². The number of imidazole rings is 1. The largest absolute Gasteiger partial charge is 0.334 e. The molecule has 1 aliphatic rings. The zero-order chi connectivity index (χ0) is 9.10. The van der Waals surface area contributed by atoms with Gasteiger partial charge in [-0.2, -0.15) is 0 Å². The van der Waals surface area contributed by atoms with Crippen LogP contribution in [0.15, 0.2) is 12.5 Å². The van der Waals surface area contributed by atoms with Gasteiger partial charge in [0.05, 0.1) is 12.0 Å². The summed E-state index contributed by atoms with van der Waals surface area (Å²) in [7, 11) is 0. The fourth-order valence-electron chi connectivity index (χ4n) is 1.93. The summed E-state index contributed by atoms with van der Waals surface area (Å²) >= 11 is 0. The van der Waals surface area contributed by atoms with E-state index in [-0.39, 0.29) is 0 Å². The van der Waals surface area contributed by atoms with E-state index in [4.69, 9.17) is 0 Å². The zero-order valence-electron chi connectivity index (χ0n) is 8.24. The van der Waals surface area contributed by atoms with E-state index in [0.717, 1.165) is 13.1 Å². The lowest BCUT2D eigenvalue weighted by Gasteiger charge is -2.14. The van der Waals surface area contributed by atoms with E-state index in [0.29, 0.717) is 0 Å². The van der Waals surface area contributed by atoms with Gasteiger partial charge in [-0.15, -0.1) is 0 Å². The van der Waals surface area contributed by atoms with E-state index in [1.807, 2.05) is 12.5 Å². The third-order valence-electron chi connectivity index (χ3n) is 2.72.